The molecule has 0 aromatic rings. The van der Waals surface area contributed by atoms with Gasteiger partial charge in [0.15, 0.2) is 0 Å². The van der Waals surface area contributed by atoms with Crippen molar-refractivity contribution in [1.29, 1.82) is 0 Å². The standard InChI is InChI=1S/C17H35NO2S/c1-6-12-18-17(5,16(19)20-7-2)11-8-9-13-21-14-10-15(3)4/h15,18H,6-14H2,1-5H3. The van der Waals surface area contributed by atoms with E-state index in [1.807, 2.05) is 25.6 Å². The monoisotopic (exact) mass is 317 g/mol. The van der Waals surface area contributed by atoms with Gasteiger partial charge in [-0.25, -0.2) is 0 Å². The van der Waals surface area contributed by atoms with Crippen molar-refractivity contribution in [3.63, 3.8) is 0 Å². The van der Waals surface area contributed by atoms with E-state index < -0.39 is 5.54 Å². The van der Waals surface area contributed by atoms with Crippen LogP contribution in [0, 0.1) is 5.92 Å². The fourth-order valence-corrected chi connectivity index (χ4v) is 3.31. The largest absolute Gasteiger partial charge is 0.465 e. The fraction of sp³-hybridized carbons (Fsp3) is 0.941. The summed E-state index contributed by atoms with van der Waals surface area (Å²) in [5.74, 6) is 3.13. The predicted octanol–water partition coefficient (Wildman–Crippen LogP) is 4.26. The van der Waals surface area contributed by atoms with Crippen LogP contribution in [0.25, 0.3) is 0 Å². The molecule has 3 nitrogen and oxygen atoms in total. The summed E-state index contributed by atoms with van der Waals surface area (Å²) < 4.78 is 5.22. The molecular weight excluding hydrogens is 282 g/mol. The van der Waals surface area contributed by atoms with E-state index in [0.717, 1.165) is 31.7 Å². The summed E-state index contributed by atoms with van der Waals surface area (Å²) in [7, 11) is 0. The number of esters is 1. The van der Waals surface area contributed by atoms with Crippen LogP contribution in [-0.2, 0) is 9.53 Å². The van der Waals surface area contributed by atoms with Crippen molar-refractivity contribution in [2.45, 2.75) is 72.3 Å². The Morgan fingerprint density at radius 3 is 2.52 bits per heavy atom. The van der Waals surface area contributed by atoms with E-state index in [9.17, 15) is 4.79 Å². The van der Waals surface area contributed by atoms with Crippen LogP contribution in [0.3, 0.4) is 0 Å². The highest BCUT2D eigenvalue weighted by atomic mass is 32.2. The molecule has 0 aliphatic carbocycles. The van der Waals surface area contributed by atoms with Gasteiger partial charge in [0.1, 0.15) is 5.54 Å². The van der Waals surface area contributed by atoms with E-state index in [2.05, 4.69) is 26.1 Å². The maximum absolute atomic E-state index is 12.1. The Balaban J connectivity index is 3.98. The van der Waals surface area contributed by atoms with Gasteiger partial charge in [-0.3, -0.25) is 4.79 Å². The normalized spacial score (nSPS) is 14.2. The maximum Gasteiger partial charge on any atom is 0.326 e. The van der Waals surface area contributed by atoms with Gasteiger partial charge in [0.25, 0.3) is 0 Å². The average Bonchev–Trinajstić information content (AvgIpc) is 2.44. The first-order valence-electron chi connectivity index (χ1n) is 8.46. The molecule has 126 valence electrons. The molecule has 0 radical (unpaired) electrons. The van der Waals surface area contributed by atoms with Crippen molar-refractivity contribution in [3.05, 3.63) is 0 Å². The summed E-state index contributed by atoms with van der Waals surface area (Å²) in [5.41, 5.74) is -0.519. The van der Waals surface area contributed by atoms with Crippen LogP contribution in [0.5, 0.6) is 0 Å². The quantitative estimate of drug-likeness (QED) is 0.407. The third-order valence-electron chi connectivity index (χ3n) is 3.55. The summed E-state index contributed by atoms with van der Waals surface area (Å²) in [6, 6.07) is 0. The lowest BCUT2D eigenvalue weighted by Crippen LogP contribution is -2.50. The van der Waals surface area contributed by atoms with Gasteiger partial charge in [0.05, 0.1) is 6.61 Å². The van der Waals surface area contributed by atoms with Crippen LogP contribution in [0.15, 0.2) is 0 Å². The Kier molecular flexibility index (Phi) is 12.2. The van der Waals surface area contributed by atoms with E-state index in [1.165, 1.54) is 24.3 Å². The minimum Gasteiger partial charge on any atom is -0.465 e. The highest BCUT2D eigenvalue weighted by molar-refractivity contribution is 7.99. The second-order valence-corrected chi connectivity index (χ2v) is 7.46. The molecule has 0 aromatic heterocycles. The third kappa shape index (κ3) is 10.2. The summed E-state index contributed by atoms with van der Waals surface area (Å²) in [6.45, 7) is 11.8. The molecular formula is C17H35NO2S. The number of thioether (sulfide) groups is 1. The Bertz CT molecular complexity index is 272. The molecule has 0 aliphatic heterocycles. The van der Waals surface area contributed by atoms with E-state index in [0.29, 0.717) is 6.61 Å². The lowest BCUT2D eigenvalue weighted by molar-refractivity contribution is -0.150. The number of carbonyl (C=O) groups excluding carboxylic acids is 1. The zero-order valence-electron chi connectivity index (χ0n) is 14.7. The van der Waals surface area contributed by atoms with E-state index >= 15 is 0 Å². The second kappa shape index (κ2) is 12.3. The van der Waals surface area contributed by atoms with Gasteiger partial charge in [-0.1, -0.05) is 27.2 Å². The lowest BCUT2D eigenvalue weighted by atomic mass is 9.95. The predicted molar refractivity (Wildman–Crippen MR) is 94.0 cm³/mol. The maximum atomic E-state index is 12.1. The van der Waals surface area contributed by atoms with Gasteiger partial charge in [0, 0.05) is 0 Å². The average molecular weight is 318 g/mol. The Labute approximate surface area is 136 Å². The minimum atomic E-state index is -0.519. The topological polar surface area (TPSA) is 38.3 Å². The fourth-order valence-electron chi connectivity index (χ4n) is 2.06. The van der Waals surface area contributed by atoms with Gasteiger partial charge in [-0.05, 0) is 63.5 Å². The minimum absolute atomic E-state index is 0.106. The highest BCUT2D eigenvalue weighted by Gasteiger charge is 2.33. The molecule has 0 amide bonds. The summed E-state index contributed by atoms with van der Waals surface area (Å²) in [6.07, 6.45) is 5.42. The lowest BCUT2D eigenvalue weighted by Gasteiger charge is -2.28. The van der Waals surface area contributed by atoms with Gasteiger partial charge >= 0.3 is 5.97 Å². The summed E-state index contributed by atoms with van der Waals surface area (Å²) in [4.78, 5) is 12.1. The Morgan fingerprint density at radius 2 is 1.95 bits per heavy atom. The zero-order valence-corrected chi connectivity index (χ0v) is 15.5. The first-order chi connectivity index (χ1) is 9.96. The van der Waals surface area contributed by atoms with Crippen LogP contribution < -0.4 is 5.32 Å². The first kappa shape index (κ1) is 20.8. The van der Waals surface area contributed by atoms with Gasteiger partial charge in [-0.15, -0.1) is 0 Å². The SMILES string of the molecule is CCCNC(C)(CCCCSCCC(C)C)C(=O)OCC. The molecule has 0 aliphatic rings. The molecule has 0 heterocycles. The first-order valence-corrected chi connectivity index (χ1v) is 9.61. The molecule has 21 heavy (non-hydrogen) atoms. The number of rotatable bonds is 13. The number of ether oxygens (including phenoxy) is 1. The molecule has 0 saturated heterocycles. The van der Waals surface area contributed by atoms with Gasteiger partial charge in [-0.2, -0.15) is 11.8 Å². The van der Waals surface area contributed by atoms with Crippen molar-refractivity contribution in [1.82, 2.24) is 5.32 Å². The molecule has 1 atom stereocenters. The number of hydrogen-bond donors (Lipinski definition) is 1. The van der Waals surface area contributed by atoms with E-state index in [-0.39, 0.29) is 5.97 Å². The molecule has 1 unspecified atom stereocenters. The van der Waals surface area contributed by atoms with Crippen LogP contribution in [0.2, 0.25) is 0 Å². The summed E-state index contributed by atoms with van der Waals surface area (Å²) >= 11 is 2.03. The number of nitrogens with one attached hydrogen (secondary N) is 1. The van der Waals surface area contributed by atoms with Crippen LogP contribution in [0.1, 0.15) is 66.7 Å². The number of unbranched alkanes of at least 4 members (excludes halogenated alkanes) is 1. The van der Waals surface area contributed by atoms with Crippen molar-refractivity contribution >= 4 is 17.7 Å². The summed E-state index contributed by atoms with van der Waals surface area (Å²) in [5, 5.41) is 3.37. The van der Waals surface area contributed by atoms with Gasteiger partial charge < -0.3 is 10.1 Å². The van der Waals surface area contributed by atoms with Gasteiger partial charge in [0.2, 0.25) is 0 Å². The van der Waals surface area contributed by atoms with Crippen molar-refractivity contribution in [3.8, 4) is 0 Å². The Morgan fingerprint density at radius 1 is 1.24 bits per heavy atom. The van der Waals surface area contributed by atoms with E-state index in [1.54, 1.807) is 0 Å². The van der Waals surface area contributed by atoms with Crippen molar-refractivity contribution < 1.29 is 9.53 Å². The smallest absolute Gasteiger partial charge is 0.326 e. The molecule has 1 N–H and O–H groups in total. The Hall–Kier alpha value is -0.220. The molecule has 0 saturated carbocycles. The van der Waals surface area contributed by atoms with Crippen LogP contribution >= 0.6 is 11.8 Å². The zero-order chi connectivity index (χ0) is 16.1. The van der Waals surface area contributed by atoms with Crippen molar-refractivity contribution in [2.24, 2.45) is 5.92 Å². The number of hydrogen-bond acceptors (Lipinski definition) is 4. The van der Waals surface area contributed by atoms with Crippen LogP contribution in [0.4, 0.5) is 0 Å². The second-order valence-electron chi connectivity index (χ2n) is 6.23. The molecule has 0 aromatic carbocycles. The molecule has 0 spiro atoms. The van der Waals surface area contributed by atoms with Crippen molar-refractivity contribution in [2.75, 3.05) is 24.7 Å². The highest BCUT2D eigenvalue weighted by Crippen LogP contribution is 2.18. The number of carbonyl (C=O) groups is 1. The van der Waals surface area contributed by atoms with Crippen LogP contribution in [-0.4, -0.2) is 36.2 Å². The molecule has 0 fully saturated rings. The molecule has 4 heteroatoms. The third-order valence-corrected chi connectivity index (χ3v) is 4.65. The van der Waals surface area contributed by atoms with E-state index in [4.69, 9.17) is 4.74 Å². The molecule has 0 rings (SSSR count). The molecule has 0 bridgehead atoms.